The Labute approximate surface area is 112 Å². The van der Waals surface area contributed by atoms with Crippen LogP contribution in [0.3, 0.4) is 0 Å². The number of hydrogen-bond donors (Lipinski definition) is 1. The minimum Gasteiger partial charge on any atom is -0.352 e. The van der Waals surface area contributed by atoms with Gasteiger partial charge in [0.15, 0.2) is 0 Å². The molecule has 0 aliphatic rings. The van der Waals surface area contributed by atoms with Crippen LogP contribution in [0.4, 0.5) is 0 Å². The maximum absolute atomic E-state index is 11.6. The Kier molecular flexibility index (Phi) is 6.15. The van der Waals surface area contributed by atoms with Gasteiger partial charge in [-0.05, 0) is 24.4 Å². The number of unbranched alkanes of at least 4 members (excludes halogenated alkanes) is 1. The molecule has 1 amide bonds. The number of carbonyl (C=O) groups excluding carboxylic acids is 1. The van der Waals surface area contributed by atoms with Crippen molar-refractivity contribution in [3.05, 3.63) is 30.7 Å². The zero-order valence-electron chi connectivity index (χ0n) is 8.82. The fourth-order valence-corrected chi connectivity index (χ4v) is 2.60. The highest BCUT2D eigenvalue weighted by atomic mass is 35.5. The lowest BCUT2D eigenvalue weighted by Gasteiger charge is -2.02. The summed E-state index contributed by atoms with van der Waals surface area (Å²) in [4.78, 5) is 14.3. The molecule has 0 spiro atoms. The van der Waals surface area contributed by atoms with Crippen LogP contribution in [0.25, 0.3) is 10.4 Å². The number of nitrogens with one attached hydrogen (secondary N) is 1. The predicted molar refractivity (Wildman–Crippen MR) is 69.9 cm³/mol. The Balaban J connectivity index is 2.30. The van der Waals surface area contributed by atoms with Crippen molar-refractivity contribution in [2.24, 2.45) is 5.11 Å². The fraction of sp³-hybridized carbons (Fsp3) is 0.444. The number of carbonyl (C=O) groups is 1. The van der Waals surface area contributed by atoms with Crippen LogP contribution in [-0.4, -0.2) is 19.0 Å². The predicted octanol–water partition coefficient (Wildman–Crippen LogP) is 3.88. The lowest BCUT2D eigenvalue weighted by molar-refractivity contribution is 0.0953. The van der Waals surface area contributed by atoms with Crippen molar-refractivity contribution in [2.75, 3.05) is 13.1 Å². The first-order valence-corrected chi connectivity index (χ1v) is 6.46. The van der Waals surface area contributed by atoms with E-state index in [1.54, 1.807) is 6.07 Å². The van der Waals surface area contributed by atoms with E-state index in [-0.39, 0.29) is 5.91 Å². The standard InChI is InChI=1S/C9H10Cl2N4OS/c10-7-5-6(8(11)17-7)9(16)13-3-1-2-4-14-15-12/h5H,1-4H2,(H,13,16). The van der Waals surface area contributed by atoms with Crippen molar-refractivity contribution in [3.8, 4) is 0 Å². The molecule has 0 radical (unpaired) electrons. The van der Waals surface area contributed by atoms with Crippen LogP contribution in [0, 0.1) is 0 Å². The molecule has 0 atom stereocenters. The highest BCUT2D eigenvalue weighted by molar-refractivity contribution is 7.20. The number of thiophene rings is 1. The van der Waals surface area contributed by atoms with Gasteiger partial charge in [0.1, 0.15) is 4.34 Å². The van der Waals surface area contributed by atoms with Crippen molar-refractivity contribution in [3.63, 3.8) is 0 Å². The molecule has 1 N–H and O–H groups in total. The summed E-state index contributed by atoms with van der Waals surface area (Å²) in [5.74, 6) is -0.234. The Morgan fingerprint density at radius 2 is 2.29 bits per heavy atom. The molecule has 8 heteroatoms. The van der Waals surface area contributed by atoms with E-state index in [4.69, 9.17) is 28.7 Å². The third-order valence-electron chi connectivity index (χ3n) is 1.94. The maximum atomic E-state index is 11.6. The van der Waals surface area contributed by atoms with Crippen LogP contribution in [0.5, 0.6) is 0 Å². The Morgan fingerprint density at radius 1 is 1.53 bits per heavy atom. The van der Waals surface area contributed by atoms with Gasteiger partial charge in [0.05, 0.1) is 9.90 Å². The lowest BCUT2D eigenvalue weighted by atomic mass is 10.3. The Bertz CT molecular complexity index is 442. The molecule has 0 saturated heterocycles. The van der Waals surface area contributed by atoms with E-state index in [9.17, 15) is 4.79 Å². The van der Waals surface area contributed by atoms with Gasteiger partial charge in [-0.25, -0.2) is 0 Å². The summed E-state index contributed by atoms with van der Waals surface area (Å²) in [7, 11) is 0. The van der Waals surface area contributed by atoms with Gasteiger partial charge in [0.2, 0.25) is 0 Å². The van der Waals surface area contributed by atoms with Gasteiger partial charge in [-0.15, -0.1) is 11.3 Å². The molecule has 1 heterocycles. The molecular weight excluding hydrogens is 283 g/mol. The normalized spacial score (nSPS) is 9.76. The summed E-state index contributed by atoms with van der Waals surface area (Å²) in [6.45, 7) is 0.959. The summed E-state index contributed by atoms with van der Waals surface area (Å²) >= 11 is 12.7. The van der Waals surface area contributed by atoms with Crippen molar-refractivity contribution in [1.29, 1.82) is 0 Å². The quantitative estimate of drug-likeness (QED) is 0.367. The average molecular weight is 293 g/mol. The Hall–Kier alpha value is -0.940. The SMILES string of the molecule is [N-]=[N+]=NCCCCNC(=O)c1cc(Cl)sc1Cl. The van der Waals surface area contributed by atoms with Crippen LogP contribution in [0.1, 0.15) is 23.2 Å². The van der Waals surface area contributed by atoms with Gasteiger partial charge in [-0.3, -0.25) is 4.79 Å². The van der Waals surface area contributed by atoms with Crippen LogP contribution < -0.4 is 5.32 Å². The van der Waals surface area contributed by atoms with Crippen molar-refractivity contribution >= 4 is 40.4 Å². The summed E-state index contributed by atoms with van der Waals surface area (Å²) in [6, 6.07) is 1.55. The highest BCUT2D eigenvalue weighted by Gasteiger charge is 2.13. The van der Waals surface area contributed by atoms with Crippen molar-refractivity contribution in [1.82, 2.24) is 5.32 Å². The fourth-order valence-electron chi connectivity index (χ4n) is 1.14. The smallest absolute Gasteiger partial charge is 0.253 e. The van der Waals surface area contributed by atoms with Crippen LogP contribution in [-0.2, 0) is 0 Å². The lowest BCUT2D eigenvalue weighted by Crippen LogP contribution is -2.24. The zero-order valence-corrected chi connectivity index (χ0v) is 11.1. The van der Waals surface area contributed by atoms with E-state index >= 15 is 0 Å². The first-order valence-electron chi connectivity index (χ1n) is 4.89. The number of hydrogen-bond acceptors (Lipinski definition) is 3. The van der Waals surface area contributed by atoms with Gasteiger partial charge < -0.3 is 5.32 Å². The minimum atomic E-state index is -0.234. The number of halogens is 2. The molecular formula is C9H10Cl2N4OS. The first-order chi connectivity index (χ1) is 8.15. The topological polar surface area (TPSA) is 77.9 Å². The van der Waals surface area contributed by atoms with E-state index < -0.39 is 0 Å². The van der Waals surface area contributed by atoms with E-state index in [1.165, 1.54) is 0 Å². The second-order valence-electron chi connectivity index (χ2n) is 3.16. The molecule has 0 saturated carbocycles. The molecule has 1 aromatic heterocycles. The van der Waals surface area contributed by atoms with Gasteiger partial charge in [0, 0.05) is 18.0 Å². The van der Waals surface area contributed by atoms with E-state index in [1.807, 2.05) is 0 Å². The highest BCUT2D eigenvalue weighted by Crippen LogP contribution is 2.30. The third-order valence-corrected chi connectivity index (χ3v) is 3.42. The van der Waals surface area contributed by atoms with Gasteiger partial charge in [0.25, 0.3) is 5.91 Å². The van der Waals surface area contributed by atoms with E-state index in [0.29, 0.717) is 27.3 Å². The summed E-state index contributed by atoms with van der Waals surface area (Å²) < 4.78 is 0.880. The zero-order chi connectivity index (χ0) is 12.7. The minimum absolute atomic E-state index is 0.234. The molecule has 0 aromatic carbocycles. The molecule has 0 bridgehead atoms. The first kappa shape index (κ1) is 14.1. The number of azide groups is 1. The molecule has 0 aliphatic heterocycles. The van der Waals surface area contributed by atoms with E-state index in [2.05, 4.69) is 15.3 Å². The van der Waals surface area contributed by atoms with Gasteiger partial charge in [-0.1, -0.05) is 28.3 Å². The number of rotatable bonds is 6. The summed E-state index contributed by atoms with van der Waals surface area (Å²) in [5.41, 5.74) is 8.45. The molecule has 0 unspecified atom stereocenters. The maximum Gasteiger partial charge on any atom is 0.253 e. The number of nitrogens with zero attached hydrogens (tertiary/aromatic N) is 3. The Morgan fingerprint density at radius 3 is 2.88 bits per heavy atom. The summed E-state index contributed by atoms with van der Waals surface area (Å²) in [6.07, 6.45) is 1.49. The second-order valence-corrected chi connectivity index (χ2v) is 5.44. The number of amides is 1. The van der Waals surface area contributed by atoms with Crippen molar-refractivity contribution in [2.45, 2.75) is 12.8 Å². The van der Waals surface area contributed by atoms with Crippen LogP contribution in [0.15, 0.2) is 11.2 Å². The van der Waals surface area contributed by atoms with Crippen LogP contribution >= 0.6 is 34.5 Å². The van der Waals surface area contributed by atoms with E-state index in [0.717, 1.165) is 24.2 Å². The average Bonchev–Trinajstić information content (AvgIpc) is 2.62. The van der Waals surface area contributed by atoms with Crippen molar-refractivity contribution < 1.29 is 4.79 Å². The third kappa shape index (κ3) is 4.83. The molecule has 1 aromatic rings. The van der Waals surface area contributed by atoms with Gasteiger partial charge in [-0.2, -0.15) is 0 Å². The second kappa shape index (κ2) is 7.40. The summed E-state index contributed by atoms with van der Waals surface area (Å²) in [5, 5.41) is 6.11. The molecule has 5 nitrogen and oxygen atoms in total. The molecule has 92 valence electrons. The van der Waals surface area contributed by atoms with Crippen LogP contribution in [0.2, 0.25) is 8.67 Å². The largest absolute Gasteiger partial charge is 0.352 e. The van der Waals surface area contributed by atoms with Gasteiger partial charge >= 0.3 is 0 Å². The molecule has 0 aliphatic carbocycles. The monoisotopic (exact) mass is 292 g/mol. The molecule has 0 fully saturated rings. The molecule has 17 heavy (non-hydrogen) atoms. The molecule has 1 rings (SSSR count).